The van der Waals surface area contributed by atoms with E-state index in [0.717, 1.165) is 18.8 Å². The van der Waals surface area contributed by atoms with Gasteiger partial charge in [0.15, 0.2) is 0 Å². The van der Waals surface area contributed by atoms with Crippen LogP contribution in [0.2, 0.25) is 10.0 Å². The lowest BCUT2D eigenvalue weighted by Crippen LogP contribution is -2.51. The van der Waals surface area contributed by atoms with Gasteiger partial charge in [-0.2, -0.15) is 0 Å². The fourth-order valence-corrected chi connectivity index (χ4v) is 3.35. The maximum atomic E-state index is 6.14. The van der Waals surface area contributed by atoms with Crippen LogP contribution in [-0.4, -0.2) is 19.1 Å². The Hall–Kier alpha value is -1.22. The highest BCUT2D eigenvalue weighted by atomic mass is 35.5. The summed E-state index contributed by atoms with van der Waals surface area (Å²) in [6.07, 6.45) is 0. The molecule has 3 rings (SSSR count). The van der Waals surface area contributed by atoms with Gasteiger partial charge in [0, 0.05) is 40.9 Å². The molecule has 0 radical (unpaired) electrons. The third kappa shape index (κ3) is 3.34. The molecular formula is C17H18Cl2N2. The Balaban J connectivity index is 1.87. The smallest absolute Gasteiger partial charge is 0.0499 e. The highest BCUT2D eigenvalue weighted by Gasteiger charge is 2.26. The summed E-state index contributed by atoms with van der Waals surface area (Å²) in [5.74, 6) is 0. The van der Waals surface area contributed by atoms with E-state index in [0.29, 0.717) is 22.1 Å². The molecule has 0 bridgehead atoms. The fraction of sp³-hybridized carbons (Fsp3) is 0.294. The molecule has 1 N–H and O–H groups in total. The van der Waals surface area contributed by atoms with Crippen molar-refractivity contribution in [2.24, 2.45) is 0 Å². The second-order valence-corrected chi connectivity index (χ2v) is 6.37. The molecule has 2 aromatic rings. The largest absolute Gasteiger partial charge is 0.366 e. The Morgan fingerprint density at radius 3 is 2.38 bits per heavy atom. The lowest BCUT2D eigenvalue weighted by atomic mass is 10.0. The van der Waals surface area contributed by atoms with Crippen LogP contribution in [0.3, 0.4) is 0 Å². The Kier molecular flexibility index (Phi) is 4.39. The molecule has 0 aromatic heterocycles. The van der Waals surface area contributed by atoms with E-state index in [1.807, 2.05) is 18.2 Å². The maximum Gasteiger partial charge on any atom is 0.0499 e. The fourth-order valence-electron chi connectivity index (χ4n) is 2.84. The minimum atomic E-state index is 0.320. The summed E-state index contributed by atoms with van der Waals surface area (Å²) in [6, 6.07) is 17.0. The van der Waals surface area contributed by atoms with Crippen LogP contribution >= 0.6 is 23.2 Å². The summed E-state index contributed by atoms with van der Waals surface area (Å²) < 4.78 is 0. The normalized spacial score (nSPS) is 22.3. The van der Waals surface area contributed by atoms with Gasteiger partial charge in [-0.1, -0.05) is 53.5 Å². The number of piperazine rings is 1. The Morgan fingerprint density at radius 2 is 1.71 bits per heavy atom. The van der Waals surface area contributed by atoms with Crippen molar-refractivity contribution in [3.8, 4) is 0 Å². The molecule has 0 aliphatic carbocycles. The van der Waals surface area contributed by atoms with Gasteiger partial charge < -0.3 is 10.2 Å². The summed E-state index contributed by atoms with van der Waals surface area (Å²) in [6.45, 7) is 4.05. The van der Waals surface area contributed by atoms with Gasteiger partial charge in [0.05, 0.1) is 0 Å². The van der Waals surface area contributed by atoms with Gasteiger partial charge in [0.2, 0.25) is 0 Å². The van der Waals surface area contributed by atoms with Crippen molar-refractivity contribution in [3.05, 3.63) is 64.1 Å². The zero-order valence-corrected chi connectivity index (χ0v) is 13.4. The lowest BCUT2D eigenvalue weighted by molar-refractivity contribution is 0.414. The van der Waals surface area contributed by atoms with Crippen molar-refractivity contribution in [2.45, 2.75) is 19.0 Å². The molecule has 2 atom stereocenters. The molecule has 2 nitrogen and oxygen atoms in total. The number of hydrogen-bond donors (Lipinski definition) is 1. The van der Waals surface area contributed by atoms with Crippen molar-refractivity contribution < 1.29 is 0 Å². The van der Waals surface area contributed by atoms with Gasteiger partial charge in [-0.25, -0.2) is 0 Å². The number of benzene rings is 2. The van der Waals surface area contributed by atoms with Crippen LogP contribution in [0.4, 0.5) is 5.69 Å². The standard InChI is InChI=1S/C17H18Cl2N2/c1-12-10-20-17(13-5-3-2-4-6-13)11-21(12)16-8-14(18)7-15(19)9-16/h2-9,12,17,20H,10-11H2,1H3. The molecule has 1 aliphatic rings. The molecule has 1 heterocycles. The summed E-state index contributed by atoms with van der Waals surface area (Å²) in [5, 5.41) is 4.97. The van der Waals surface area contributed by atoms with Crippen LogP contribution < -0.4 is 10.2 Å². The quantitative estimate of drug-likeness (QED) is 0.874. The topological polar surface area (TPSA) is 15.3 Å². The van der Waals surface area contributed by atoms with Crippen molar-refractivity contribution >= 4 is 28.9 Å². The first-order valence-corrected chi connectivity index (χ1v) is 7.90. The van der Waals surface area contributed by atoms with Gasteiger partial charge in [0.25, 0.3) is 0 Å². The summed E-state index contributed by atoms with van der Waals surface area (Å²) in [5.41, 5.74) is 2.39. The van der Waals surface area contributed by atoms with Gasteiger partial charge in [-0.05, 0) is 30.7 Å². The van der Waals surface area contributed by atoms with Crippen LogP contribution in [0.5, 0.6) is 0 Å². The van der Waals surface area contributed by atoms with Gasteiger partial charge in [-0.15, -0.1) is 0 Å². The van der Waals surface area contributed by atoms with Crippen molar-refractivity contribution in [3.63, 3.8) is 0 Å². The van der Waals surface area contributed by atoms with E-state index in [2.05, 4.69) is 41.4 Å². The highest BCUT2D eigenvalue weighted by molar-refractivity contribution is 6.35. The molecule has 1 fully saturated rings. The van der Waals surface area contributed by atoms with E-state index in [9.17, 15) is 0 Å². The number of nitrogens with zero attached hydrogens (tertiary/aromatic N) is 1. The lowest BCUT2D eigenvalue weighted by Gasteiger charge is -2.40. The first-order valence-electron chi connectivity index (χ1n) is 7.14. The Bertz CT molecular complexity index is 595. The average Bonchev–Trinajstić information content (AvgIpc) is 2.47. The van der Waals surface area contributed by atoms with Gasteiger partial charge in [0.1, 0.15) is 0 Å². The zero-order chi connectivity index (χ0) is 14.8. The van der Waals surface area contributed by atoms with Gasteiger partial charge in [-0.3, -0.25) is 0 Å². The summed E-state index contributed by atoms with van der Waals surface area (Å²) in [4.78, 5) is 2.37. The minimum Gasteiger partial charge on any atom is -0.366 e. The Labute approximate surface area is 135 Å². The van der Waals surface area contributed by atoms with E-state index < -0.39 is 0 Å². The number of rotatable bonds is 2. The summed E-state index contributed by atoms with van der Waals surface area (Å²) in [7, 11) is 0. The second kappa shape index (κ2) is 6.27. The zero-order valence-electron chi connectivity index (χ0n) is 11.9. The van der Waals surface area contributed by atoms with Crippen LogP contribution in [-0.2, 0) is 0 Å². The second-order valence-electron chi connectivity index (χ2n) is 5.50. The predicted molar refractivity (Wildman–Crippen MR) is 90.5 cm³/mol. The molecular weight excluding hydrogens is 303 g/mol. The molecule has 0 spiro atoms. The molecule has 2 aromatic carbocycles. The molecule has 4 heteroatoms. The predicted octanol–water partition coefficient (Wildman–Crippen LogP) is 4.53. The highest BCUT2D eigenvalue weighted by Crippen LogP contribution is 2.30. The van der Waals surface area contributed by atoms with Crippen LogP contribution in [0.15, 0.2) is 48.5 Å². The molecule has 1 aliphatic heterocycles. The molecule has 110 valence electrons. The Morgan fingerprint density at radius 1 is 1.05 bits per heavy atom. The third-order valence-corrected chi connectivity index (χ3v) is 4.39. The van der Waals surface area contributed by atoms with Crippen LogP contribution in [0, 0.1) is 0 Å². The van der Waals surface area contributed by atoms with Crippen molar-refractivity contribution in [2.75, 3.05) is 18.0 Å². The first kappa shape index (κ1) is 14.7. The van der Waals surface area contributed by atoms with Crippen molar-refractivity contribution in [1.29, 1.82) is 0 Å². The molecule has 1 saturated heterocycles. The van der Waals surface area contributed by atoms with Crippen molar-refractivity contribution in [1.82, 2.24) is 5.32 Å². The minimum absolute atomic E-state index is 0.320. The molecule has 0 saturated carbocycles. The number of nitrogens with one attached hydrogen (secondary N) is 1. The molecule has 0 amide bonds. The summed E-state index contributed by atoms with van der Waals surface area (Å²) >= 11 is 12.3. The van der Waals surface area contributed by atoms with E-state index in [4.69, 9.17) is 23.2 Å². The SMILES string of the molecule is CC1CNC(c2ccccc2)CN1c1cc(Cl)cc(Cl)c1. The number of anilines is 1. The molecule has 2 unspecified atom stereocenters. The van der Waals surface area contributed by atoms with E-state index in [1.165, 1.54) is 5.56 Å². The van der Waals surface area contributed by atoms with Gasteiger partial charge >= 0.3 is 0 Å². The van der Waals surface area contributed by atoms with E-state index in [-0.39, 0.29) is 0 Å². The monoisotopic (exact) mass is 320 g/mol. The van der Waals surface area contributed by atoms with Crippen LogP contribution in [0.25, 0.3) is 0 Å². The average molecular weight is 321 g/mol. The van der Waals surface area contributed by atoms with E-state index in [1.54, 1.807) is 6.07 Å². The third-order valence-electron chi connectivity index (χ3n) is 3.95. The number of hydrogen-bond acceptors (Lipinski definition) is 2. The number of halogens is 2. The maximum absolute atomic E-state index is 6.14. The first-order chi connectivity index (χ1) is 10.1. The molecule has 21 heavy (non-hydrogen) atoms. The van der Waals surface area contributed by atoms with Crippen LogP contribution in [0.1, 0.15) is 18.5 Å². The van der Waals surface area contributed by atoms with E-state index >= 15 is 0 Å².